The molecule has 0 N–H and O–H groups in total. The van der Waals surface area contributed by atoms with Crippen LogP contribution in [-0.2, 0) is 4.79 Å². The molecule has 0 amide bonds. The van der Waals surface area contributed by atoms with Crippen molar-refractivity contribution in [2.75, 3.05) is 0 Å². The second-order valence-corrected chi connectivity index (χ2v) is 8.23. The number of Topliss-reactive ketones (excluding diaryl/α,β-unsaturated/α-hetero) is 1. The highest BCUT2D eigenvalue weighted by Gasteiger charge is 2.63. The van der Waals surface area contributed by atoms with Gasteiger partial charge >= 0.3 is 0 Å². The van der Waals surface area contributed by atoms with Crippen molar-refractivity contribution in [3.63, 3.8) is 0 Å². The molecule has 2 atom stereocenters. The Bertz CT molecular complexity index is 361. The third kappa shape index (κ3) is 1.26. The van der Waals surface area contributed by atoms with Crippen molar-refractivity contribution in [3.8, 4) is 0 Å². The number of hydrogen-bond acceptors (Lipinski definition) is 1. The fourth-order valence-corrected chi connectivity index (χ4v) is 6.65. The second-order valence-electron chi connectivity index (χ2n) is 8.23. The van der Waals surface area contributed by atoms with Gasteiger partial charge in [-0.2, -0.15) is 0 Å². The lowest BCUT2D eigenvalue weighted by Crippen LogP contribution is -2.60. The van der Waals surface area contributed by atoms with Gasteiger partial charge < -0.3 is 0 Å². The standard InChI is InChI=1S/C17H26O/c1-3-16(2)14(7-15(16)18)17-8-11-4-12(9-17)6-13(5-11)10-17/h11-14H,3-10H2,1-2H3. The Kier molecular flexibility index (Phi) is 2.17. The largest absolute Gasteiger partial charge is 0.299 e. The summed E-state index contributed by atoms with van der Waals surface area (Å²) in [6, 6.07) is 0. The smallest absolute Gasteiger partial charge is 0.139 e. The molecule has 0 aromatic rings. The Labute approximate surface area is 111 Å². The van der Waals surface area contributed by atoms with Crippen molar-refractivity contribution < 1.29 is 4.79 Å². The maximum atomic E-state index is 12.1. The second kappa shape index (κ2) is 3.41. The highest BCUT2D eigenvalue weighted by atomic mass is 16.1. The van der Waals surface area contributed by atoms with Crippen LogP contribution in [-0.4, -0.2) is 5.78 Å². The van der Waals surface area contributed by atoms with Gasteiger partial charge in [-0.1, -0.05) is 13.8 Å². The number of carbonyl (C=O) groups is 1. The molecular weight excluding hydrogens is 220 g/mol. The van der Waals surface area contributed by atoms with Gasteiger partial charge in [0, 0.05) is 11.8 Å². The van der Waals surface area contributed by atoms with Crippen molar-refractivity contribution >= 4 is 5.78 Å². The number of rotatable bonds is 2. The van der Waals surface area contributed by atoms with Gasteiger partial charge in [0.25, 0.3) is 0 Å². The molecule has 0 aromatic heterocycles. The number of ketones is 1. The van der Waals surface area contributed by atoms with Gasteiger partial charge in [0.2, 0.25) is 0 Å². The Morgan fingerprint density at radius 1 is 1.06 bits per heavy atom. The number of hydrogen-bond donors (Lipinski definition) is 0. The van der Waals surface area contributed by atoms with E-state index in [-0.39, 0.29) is 5.41 Å². The van der Waals surface area contributed by atoms with Gasteiger partial charge in [0.1, 0.15) is 5.78 Å². The van der Waals surface area contributed by atoms with Crippen LogP contribution in [0.1, 0.15) is 65.2 Å². The van der Waals surface area contributed by atoms with Crippen LogP contribution in [0.25, 0.3) is 0 Å². The topological polar surface area (TPSA) is 17.1 Å². The molecule has 0 aliphatic heterocycles. The first-order chi connectivity index (χ1) is 8.56. The minimum atomic E-state index is 0.0473. The Hall–Kier alpha value is -0.330. The molecule has 4 bridgehead atoms. The third-order valence-corrected chi connectivity index (χ3v) is 7.35. The van der Waals surface area contributed by atoms with E-state index in [1.165, 1.54) is 38.5 Å². The van der Waals surface area contributed by atoms with Gasteiger partial charge in [0.05, 0.1) is 0 Å². The minimum Gasteiger partial charge on any atom is -0.299 e. The molecule has 5 rings (SSSR count). The molecule has 0 aromatic carbocycles. The lowest BCUT2D eigenvalue weighted by Gasteiger charge is -2.65. The molecule has 5 saturated carbocycles. The molecule has 0 saturated heterocycles. The molecule has 100 valence electrons. The van der Waals surface area contributed by atoms with E-state index < -0.39 is 0 Å². The average molecular weight is 246 g/mol. The van der Waals surface area contributed by atoms with Crippen LogP contribution >= 0.6 is 0 Å². The normalized spacial score (nSPS) is 57.8. The summed E-state index contributed by atoms with van der Waals surface area (Å²) in [6.07, 6.45) is 10.9. The summed E-state index contributed by atoms with van der Waals surface area (Å²) in [5.74, 6) is 4.36. The predicted octanol–water partition coefficient (Wildman–Crippen LogP) is 4.21. The summed E-state index contributed by atoms with van der Waals surface area (Å²) in [4.78, 5) is 12.1. The molecule has 5 fully saturated rings. The average Bonchev–Trinajstić information content (AvgIpc) is 2.33. The van der Waals surface area contributed by atoms with Crippen LogP contribution in [0, 0.1) is 34.5 Å². The Morgan fingerprint density at radius 3 is 1.94 bits per heavy atom. The van der Waals surface area contributed by atoms with E-state index in [1.807, 2.05) is 0 Å². The molecule has 0 spiro atoms. The van der Waals surface area contributed by atoms with Crippen molar-refractivity contribution in [3.05, 3.63) is 0 Å². The Balaban J connectivity index is 1.67. The van der Waals surface area contributed by atoms with Crippen molar-refractivity contribution in [1.82, 2.24) is 0 Å². The van der Waals surface area contributed by atoms with Crippen LogP contribution in [0.15, 0.2) is 0 Å². The molecule has 1 heteroatoms. The van der Waals surface area contributed by atoms with Crippen molar-refractivity contribution in [1.29, 1.82) is 0 Å². The van der Waals surface area contributed by atoms with E-state index in [4.69, 9.17) is 0 Å². The van der Waals surface area contributed by atoms with Gasteiger partial charge in [-0.15, -0.1) is 0 Å². The van der Waals surface area contributed by atoms with Crippen LogP contribution in [0.2, 0.25) is 0 Å². The first-order valence-corrected chi connectivity index (χ1v) is 8.09. The summed E-state index contributed by atoms with van der Waals surface area (Å²) < 4.78 is 0. The number of carbonyl (C=O) groups excluding carboxylic acids is 1. The van der Waals surface area contributed by atoms with Crippen LogP contribution in [0.3, 0.4) is 0 Å². The minimum absolute atomic E-state index is 0.0473. The summed E-state index contributed by atoms with van der Waals surface area (Å²) in [6.45, 7) is 4.49. The molecule has 5 aliphatic carbocycles. The zero-order valence-corrected chi connectivity index (χ0v) is 11.9. The van der Waals surface area contributed by atoms with Gasteiger partial charge in [-0.25, -0.2) is 0 Å². The van der Waals surface area contributed by atoms with E-state index in [1.54, 1.807) is 0 Å². The molecule has 18 heavy (non-hydrogen) atoms. The van der Waals surface area contributed by atoms with Gasteiger partial charge in [-0.05, 0) is 74.0 Å². The SMILES string of the molecule is CCC1(C)C(=O)CC1C12CC3CC(CC(C3)C1)C2. The lowest BCUT2D eigenvalue weighted by atomic mass is 9.39. The lowest BCUT2D eigenvalue weighted by molar-refractivity contribution is -0.176. The highest BCUT2D eigenvalue weighted by molar-refractivity contribution is 5.91. The first-order valence-electron chi connectivity index (χ1n) is 8.09. The van der Waals surface area contributed by atoms with E-state index in [0.717, 1.165) is 36.5 Å². The molecule has 2 unspecified atom stereocenters. The summed E-state index contributed by atoms with van der Waals surface area (Å²) >= 11 is 0. The van der Waals surface area contributed by atoms with E-state index >= 15 is 0 Å². The highest BCUT2D eigenvalue weighted by Crippen LogP contribution is 2.68. The summed E-state index contributed by atoms with van der Waals surface area (Å²) in [5, 5.41) is 0. The fourth-order valence-electron chi connectivity index (χ4n) is 6.65. The third-order valence-electron chi connectivity index (χ3n) is 7.35. The molecular formula is C17H26O. The molecule has 0 radical (unpaired) electrons. The van der Waals surface area contributed by atoms with Crippen LogP contribution in [0.5, 0.6) is 0 Å². The summed E-state index contributed by atoms with van der Waals surface area (Å²) in [5.41, 5.74) is 0.638. The quantitative estimate of drug-likeness (QED) is 0.713. The maximum absolute atomic E-state index is 12.1. The van der Waals surface area contributed by atoms with Crippen LogP contribution < -0.4 is 0 Å². The maximum Gasteiger partial charge on any atom is 0.139 e. The van der Waals surface area contributed by atoms with E-state index in [0.29, 0.717) is 11.2 Å². The predicted molar refractivity (Wildman–Crippen MR) is 72.1 cm³/mol. The Morgan fingerprint density at radius 2 is 1.56 bits per heavy atom. The monoisotopic (exact) mass is 246 g/mol. The first kappa shape index (κ1) is 11.5. The molecule has 5 aliphatic rings. The van der Waals surface area contributed by atoms with E-state index in [2.05, 4.69) is 13.8 Å². The van der Waals surface area contributed by atoms with Gasteiger partial charge in [0.15, 0.2) is 0 Å². The van der Waals surface area contributed by atoms with Gasteiger partial charge in [-0.3, -0.25) is 4.79 Å². The van der Waals surface area contributed by atoms with Crippen LogP contribution in [0.4, 0.5) is 0 Å². The zero-order valence-electron chi connectivity index (χ0n) is 11.9. The van der Waals surface area contributed by atoms with Crippen molar-refractivity contribution in [2.45, 2.75) is 65.2 Å². The zero-order chi connectivity index (χ0) is 12.5. The molecule has 1 nitrogen and oxygen atoms in total. The molecule has 0 heterocycles. The summed E-state index contributed by atoms with van der Waals surface area (Å²) in [7, 11) is 0. The fraction of sp³-hybridized carbons (Fsp3) is 0.941. The van der Waals surface area contributed by atoms with E-state index in [9.17, 15) is 4.79 Å². The van der Waals surface area contributed by atoms with Crippen molar-refractivity contribution in [2.24, 2.45) is 34.5 Å².